The Hall–Kier alpha value is -2.14. The van der Waals surface area contributed by atoms with E-state index in [0.717, 1.165) is 5.56 Å². The van der Waals surface area contributed by atoms with Crippen LogP contribution in [0.25, 0.3) is 0 Å². The zero-order valence-electron chi connectivity index (χ0n) is 9.84. The number of halogens is 1. The zero-order chi connectivity index (χ0) is 13.7. The van der Waals surface area contributed by atoms with Crippen molar-refractivity contribution >= 4 is 33.8 Å². The predicted molar refractivity (Wildman–Crippen MR) is 76.1 cm³/mol. The van der Waals surface area contributed by atoms with Crippen molar-refractivity contribution in [2.24, 2.45) is 5.10 Å². The topological polar surface area (TPSA) is 64.5 Å². The molecule has 0 radical (unpaired) electrons. The van der Waals surface area contributed by atoms with Crippen LogP contribution in [-0.4, -0.2) is 12.2 Å². The molecule has 0 saturated heterocycles. The Labute approximate surface area is 118 Å². The van der Waals surface area contributed by atoms with Gasteiger partial charge in [0.25, 0.3) is 0 Å². The van der Waals surface area contributed by atoms with Gasteiger partial charge in [0.15, 0.2) is 0 Å². The summed E-state index contributed by atoms with van der Waals surface area (Å²) in [6.07, 6.45) is 1.61. The lowest BCUT2D eigenvalue weighted by Crippen LogP contribution is -2.23. The minimum absolute atomic E-state index is 0.0552. The van der Waals surface area contributed by atoms with Gasteiger partial charge in [0.2, 0.25) is 0 Å². The van der Waals surface area contributed by atoms with Crippen LogP contribution in [0.15, 0.2) is 58.1 Å². The van der Waals surface area contributed by atoms with E-state index in [0.29, 0.717) is 10.2 Å². The maximum atomic E-state index is 11.0. The van der Waals surface area contributed by atoms with Crippen molar-refractivity contribution in [1.82, 2.24) is 0 Å². The first-order valence-corrected chi connectivity index (χ1v) is 6.31. The predicted octanol–water partition coefficient (Wildman–Crippen LogP) is 2.26. The lowest BCUT2D eigenvalue weighted by atomic mass is 10.2. The quantitative estimate of drug-likeness (QED) is 0.695. The summed E-state index contributed by atoms with van der Waals surface area (Å²) in [5.41, 5.74) is 4.06. The van der Waals surface area contributed by atoms with Crippen molar-refractivity contribution in [3.63, 3.8) is 0 Å². The minimum Gasteiger partial charge on any atom is -0.545 e. The fraction of sp³-hybridized carbons (Fsp3) is 0. The maximum Gasteiger partial charge on any atom is 0.0737 e. The fourth-order valence-electron chi connectivity index (χ4n) is 1.50. The van der Waals surface area contributed by atoms with Crippen LogP contribution in [0.5, 0.6) is 0 Å². The number of nitrogens with zero attached hydrogens (tertiary/aromatic N) is 1. The molecule has 0 fully saturated rings. The van der Waals surface area contributed by atoms with Crippen molar-refractivity contribution in [2.45, 2.75) is 0 Å². The number of benzene rings is 2. The average Bonchev–Trinajstić information content (AvgIpc) is 2.41. The number of carboxylic acid groups (broad SMARTS) is 1. The molecule has 0 aliphatic heterocycles. The molecule has 0 aliphatic carbocycles. The number of carboxylic acids is 1. The molecule has 1 N–H and O–H groups in total. The highest BCUT2D eigenvalue weighted by Gasteiger charge is 2.03. The molecule has 19 heavy (non-hydrogen) atoms. The van der Waals surface area contributed by atoms with Crippen LogP contribution in [0.4, 0.5) is 5.69 Å². The van der Waals surface area contributed by atoms with E-state index in [2.05, 4.69) is 26.5 Å². The lowest BCUT2D eigenvalue weighted by Gasteiger charge is -2.09. The minimum atomic E-state index is -1.25. The van der Waals surface area contributed by atoms with Crippen LogP contribution in [-0.2, 0) is 0 Å². The summed E-state index contributed by atoms with van der Waals surface area (Å²) < 4.78 is 0.671. The normalized spacial score (nSPS) is 10.6. The van der Waals surface area contributed by atoms with E-state index in [1.165, 1.54) is 6.07 Å². The molecule has 4 nitrogen and oxygen atoms in total. The van der Waals surface area contributed by atoms with Gasteiger partial charge in [-0.15, -0.1) is 0 Å². The summed E-state index contributed by atoms with van der Waals surface area (Å²) in [6.45, 7) is 0. The summed E-state index contributed by atoms with van der Waals surface area (Å²) in [7, 11) is 0. The maximum absolute atomic E-state index is 11.0. The molecule has 0 atom stereocenters. The van der Waals surface area contributed by atoms with E-state index in [1.54, 1.807) is 18.3 Å². The second kappa shape index (κ2) is 6.15. The van der Waals surface area contributed by atoms with Gasteiger partial charge in [0, 0.05) is 10.0 Å². The Kier molecular flexibility index (Phi) is 4.30. The van der Waals surface area contributed by atoms with E-state index < -0.39 is 5.97 Å². The Morgan fingerprint density at radius 2 is 1.95 bits per heavy atom. The number of carbonyl (C=O) groups is 1. The first kappa shape index (κ1) is 13.3. The molecule has 0 unspecified atom stereocenters. The van der Waals surface area contributed by atoms with Crippen LogP contribution in [0, 0.1) is 0 Å². The molecular formula is C14H10BrN2O2-. The molecule has 0 aliphatic rings. The Balaban J connectivity index is 2.16. The van der Waals surface area contributed by atoms with Crippen molar-refractivity contribution in [3.05, 3.63) is 64.1 Å². The molecule has 0 aromatic heterocycles. The lowest BCUT2D eigenvalue weighted by molar-refractivity contribution is -0.254. The third-order valence-electron chi connectivity index (χ3n) is 2.40. The molecule has 0 amide bonds. The summed E-state index contributed by atoms with van der Waals surface area (Å²) in [5, 5.41) is 15.0. The Bertz CT molecular complexity index is 612. The molecule has 0 spiro atoms. The van der Waals surface area contributed by atoms with Gasteiger partial charge in [-0.25, -0.2) is 0 Å². The first-order chi connectivity index (χ1) is 9.16. The van der Waals surface area contributed by atoms with E-state index >= 15 is 0 Å². The van der Waals surface area contributed by atoms with Crippen LogP contribution in [0.2, 0.25) is 0 Å². The van der Waals surface area contributed by atoms with E-state index in [1.807, 2.05) is 30.3 Å². The van der Waals surface area contributed by atoms with Gasteiger partial charge in [-0.05, 0) is 23.8 Å². The van der Waals surface area contributed by atoms with Crippen molar-refractivity contribution < 1.29 is 9.90 Å². The molecular weight excluding hydrogens is 308 g/mol. The summed E-state index contributed by atoms with van der Waals surface area (Å²) >= 11 is 3.21. The molecule has 0 heterocycles. The monoisotopic (exact) mass is 317 g/mol. The van der Waals surface area contributed by atoms with Gasteiger partial charge in [0.1, 0.15) is 0 Å². The van der Waals surface area contributed by atoms with Crippen LogP contribution < -0.4 is 10.5 Å². The number of hydrogen-bond acceptors (Lipinski definition) is 4. The first-order valence-electron chi connectivity index (χ1n) is 5.52. The standard InChI is InChI=1S/C14H11BrN2O2/c15-11-6-7-13(12(8-11)14(18)19)17-16-9-10-4-2-1-3-5-10/h1-9,17H,(H,18,19)/p-1/b16-9-. The largest absolute Gasteiger partial charge is 0.545 e. The van der Waals surface area contributed by atoms with Crippen LogP contribution in [0.1, 0.15) is 15.9 Å². The fourth-order valence-corrected chi connectivity index (χ4v) is 1.86. The smallest absolute Gasteiger partial charge is 0.0737 e. The third-order valence-corrected chi connectivity index (χ3v) is 2.89. The SMILES string of the molecule is O=C([O-])c1cc(Br)ccc1N/N=C\c1ccccc1. The zero-order valence-corrected chi connectivity index (χ0v) is 11.4. The van der Waals surface area contributed by atoms with Gasteiger partial charge in [-0.2, -0.15) is 5.10 Å². The third kappa shape index (κ3) is 3.66. The van der Waals surface area contributed by atoms with Gasteiger partial charge in [0.05, 0.1) is 17.9 Å². The van der Waals surface area contributed by atoms with Crippen molar-refractivity contribution in [3.8, 4) is 0 Å². The summed E-state index contributed by atoms with van der Waals surface area (Å²) in [6, 6.07) is 14.3. The van der Waals surface area contributed by atoms with E-state index in [4.69, 9.17) is 0 Å². The molecule has 96 valence electrons. The molecule has 0 saturated carbocycles. The van der Waals surface area contributed by atoms with Crippen LogP contribution >= 0.6 is 15.9 Å². The molecule has 5 heteroatoms. The highest BCUT2D eigenvalue weighted by Crippen LogP contribution is 2.20. The number of hydrogen-bond donors (Lipinski definition) is 1. The second-order valence-electron chi connectivity index (χ2n) is 3.76. The Morgan fingerprint density at radius 3 is 2.63 bits per heavy atom. The van der Waals surface area contributed by atoms with Crippen molar-refractivity contribution in [2.75, 3.05) is 5.43 Å². The number of carbonyl (C=O) groups excluding carboxylic acids is 1. The molecule has 2 rings (SSSR count). The number of anilines is 1. The number of hydrazone groups is 1. The van der Waals surface area contributed by atoms with Gasteiger partial charge < -0.3 is 9.90 Å². The Morgan fingerprint density at radius 1 is 1.21 bits per heavy atom. The highest BCUT2D eigenvalue weighted by molar-refractivity contribution is 9.10. The molecule has 0 bridgehead atoms. The second-order valence-corrected chi connectivity index (χ2v) is 4.67. The molecule has 2 aromatic rings. The summed E-state index contributed by atoms with van der Waals surface area (Å²) in [5.74, 6) is -1.25. The summed E-state index contributed by atoms with van der Waals surface area (Å²) in [4.78, 5) is 11.0. The number of aromatic carboxylic acids is 1. The van der Waals surface area contributed by atoms with Gasteiger partial charge in [-0.3, -0.25) is 5.43 Å². The average molecular weight is 318 g/mol. The highest BCUT2D eigenvalue weighted by atomic mass is 79.9. The van der Waals surface area contributed by atoms with E-state index in [-0.39, 0.29) is 5.56 Å². The number of rotatable bonds is 4. The van der Waals surface area contributed by atoms with Gasteiger partial charge >= 0.3 is 0 Å². The number of nitrogens with one attached hydrogen (secondary N) is 1. The van der Waals surface area contributed by atoms with Gasteiger partial charge in [-0.1, -0.05) is 46.3 Å². The molecule has 2 aromatic carbocycles. The van der Waals surface area contributed by atoms with Crippen LogP contribution in [0.3, 0.4) is 0 Å². The van der Waals surface area contributed by atoms with E-state index in [9.17, 15) is 9.90 Å². The van der Waals surface area contributed by atoms with Crippen molar-refractivity contribution in [1.29, 1.82) is 0 Å².